The van der Waals surface area contributed by atoms with Gasteiger partial charge < -0.3 is 5.11 Å². The highest BCUT2D eigenvalue weighted by molar-refractivity contribution is 6.35. The third-order valence-corrected chi connectivity index (χ3v) is 3.12. The summed E-state index contributed by atoms with van der Waals surface area (Å²) in [5.41, 5.74) is 1.66. The first-order valence-corrected chi connectivity index (χ1v) is 5.92. The maximum atomic E-state index is 9.26. The molecule has 0 unspecified atom stereocenters. The van der Waals surface area contributed by atoms with Crippen LogP contribution in [0.15, 0.2) is 59.0 Å². The molecule has 0 bridgehead atoms. The topological polar surface area (TPSA) is 31.5 Å². The number of aromatic hydroxyl groups is 1. The Kier molecular flexibility index (Phi) is 2.65. The Morgan fingerprint density at radius 1 is 0.889 bits per heavy atom. The van der Waals surface area contributed by atoms with Crippen LogP contribution in [-0.4, -0.2) is 5.11 Å². The number of benzene rings is 2. The molecule has 3 rings (SSSR count). The molecule has 88 valence electrons. The standard InChI is InChI=1S/C15H9ClO2/c16-13-2-1-3-15-12(13)8-9-14(18-15)10-4-6-11(17)7-5-10/h1-9H/p+1. The zero-order valence-electron chi connectivity index (χ0n) is 9.43. The molecule has 0 saturated carbocycles. The molecule has 0 atom stereocenters. The van der Waals surface area contributed by atoms with Crippen molar-refractivity contribution < 1.29 is 9.52 Å². The van der Waals surface area contributed by atoms with Crippen LogP contribution in [0.4, 0.5) is 0 Å². The molecular formula is C15H10ClO2+. The van der Waals surface area contributed by atoms with Crippen LogP contribution >= 0.6 is 11.6 Å². The molecular weight excluding hydrogens is 248 g/mol. The second kappa shape index (κ2) is 4.31. The zero-order valence-corrected chi connectivity index (χ0v) is 10.2. The van der Waals surface area contributed by atoms with Crippen molar-refractivity contribution in [2.75, 3.05) is 0 Å². The molecule has 1 aromatic heterocycles. The normalized spacial score (nSPS) is 10.7. The largest absolute Gasteiger partial charge is 0.508 e. The van der Waals surface area contributed by atoms with Gasteiger partial charge in [-0.15, -0.1) is 0 Å². The summed E-state index contributed by atoms with van der Waals surface area (Å²) in [4.78, 5) is 0. The lowest BCUT2D eigenvalue weighted by Gasteiger charge is -1.95. The summed E-state index contributed by atoms with van der Waals surface area (Å²) in [5.74, 6) is 0.979. The molecule has 1 N–H and O–H groups in total. The SMILES string of the molecule is Oc1ccc(-c2ccc3c(Cl)cccc3[o+]2)cc1. The molecule has 0 aliphatic carbocycles. The van der Waals surface area contributed by atoms with E-state index in [4.69, 9.17) is 16.0 Å². The number of hydrogen-bond acceptors (Lipinski definition) is 1. The summed E-state index contributed by atoms with van der Waals surface area (Å²) in [6.07, 6.45) is 0. The van der Waals surface area contributed by atoms with E-state index in [-0.39, 0.29) is 5.75 Å². The van der Waals surface area contributed by atoms with Gasteiger partial charge in [0.05, 0.1) is 16.0 Å². The van der Waals surface area contributed by atoms with Crippen LogP contribution < -0.4 is 0 Å². The van der Waals surface area contributed by atoms with Gasteiger partial charge in [-0.1, -0.05) is 17.7 Å². The molecule has 0 aliphatic heterocycles. The van der Waals surface area contributed by atoms with Gasteiger partial charge >= 0.3 is 11.3 Å². The van der Waals surface area contributed by atoms with Gasteiger partial charge in [0.15, 0.2) is 0 Å². The first-order chi connectivity index (χ1) is 8.74. The fourth-order valence-electron chi connectivity index (χ4n) is 1.86. The lowest BCUT2D eigenvalue weighted by atomic mass is 10.1. The predicted molar refractivity (Wildman–Crippen MR) is 72.7 cm³/mol. The molecule has 0 fully saturated rings. The van der Waals surface area contributed by atoms with Crippen molar-refractivity contribution in [3.8, 4) is 17.1 Å². The first-order valence-electron chi connectivity index (χ1n) is 5.55. The van der Waals surface area contributed by atoms with Crippen molar-refractivity contribution in [2.24, 2.45) is 0 Å². The van der Waals surface area contributed by atoms with Crippen molar-refractivity contribution in [1.82, 2.24) is 0 Å². The minimum atomic E-state index is 0.239. The van der Waals surface area contributed by atoms with Crippen LogP contribution in [0.25, 0.3) is 22.3 Å². The number of halogens is 1. The van der Waals surface area contributed by atoms with E-state index in [0.717, 1.165) is 22.3 Å². The third kappa shape index (κ3) is 1.91. The van der Waals surface area contributed by atoms with Gasteiger partial charge in [0.1, 0.15) is 5.75 Å². The van der Waals surface area contributed by atoms with Gasteiger partial charge in [-0.2, -0.15) is 0 Å². The van der Waals surface area contributed by atoms with Crippen molar-refractivity contribution in [1.29, 1.82) is 0 Å². The second-order valence-corrected chi connectivity index (χ2v) is 4.41. The second-order valence-electron chi connectivity index (χ2n) is 4.00. The van der Waals surface area contributed by atoms with Crippen molar-refractivity contribution in [3.63, 3.8) is 0 Å². The Balaban J connectivity index is 2.16. The average Bonchev–Trinajstić information content (AvgIpc) is 2.39. The van der Waals surface area contributed by atoms with E-state index < -0.39 is 0 Å². The van der Waals surface area contributed by atoms with Crippen LogP contribution in [0.2, 0.25) is 5.02 Å². The maximum Gasteiger partial charge on any atom is 0.362 e. The van der Waals surface area contributed by atoms with Crippen LogP contribution in [0.3, 0.4) is 0 Å². The van der Waals surface area contributed by atoms with E-state index >= 15 is 0 Å². The maximum absolute atomic E-state index is 9.26. The van der Waals surface area contributed by atoms with Crippen LogP contribution in [0, 0.1) is 0 Å². The fraction of sp³-hybridized carbons (Fsp3) is 0. The predicted octanol–water partition coefficient (Wildman–Crippen LogP) is 4.74. The molecule has 1 heterocycles. The van der Waals surface area contributed by atoms with Gasteiger partial charge in [-0.25, -0.2) is 4.42 Å². The Bertz CT molecular complexity index is 705. The summed E-state index contributed by atoms with van der Waals surface area (Å²) in [6.45, 7) is 0. The number of hydrogen-bond donors (Lipinski definition) is 1. The molecule has 18 heavy (non-hydrogen) atoms. The van der Waals surface area contributed by atoms with E-state index in [1.807, 2.05) is 42.5 Å². The summed E-state index contributed by atoms with van der Waals surface area (Å²) in [6, 6.07) is 16.3. The Hall–Kier alpha value is -2.06. The Labute approximate surface area is 109 Å². The van der Waals surface area contributed by atoms with Gasteiger partial charge in [-0.05, 0) is 36.4 Å². The molecule has 3 aromatic rings. The van der Waals surface area contributed by atoms with Crippen molar-refractivity contribution >= 4 is 22.6 Å². The van der Waals surface area contributed by atoms with E-state index in [2.05, 4.69) is 0 Å². The van der Waals surface area contributed by atoms with Crippen LogP contribution in [0.1, 0.15) is 0 Å². The number of phenols is 1. The molecule has 2 nitrogen and oxygen atoms in total. The van der Waals surface area contributed by atoms with E-state index in [1.165, 1.54) is 0 Å². The average molecular weight is 258 g/mol. The highest BCUT2D eigenvalue weighted by Gasteiger charge is 2.15. The van der Waals surface area contributed by atoms with Gasteiger partial charge in [0.2, 0.25) is 0 Å². The Morgan fingerprint density at radius 2 is 1.67 bits per heavy atom. The molecule has 2 aromatic carbocycles. The van der Waals surface area contributed by atoms with Crippen molar-refractivity contribution in [2.45, 2.75) is 0 Å². The summed E-state index contributed by atoms with van der Waals surface area (Å²) in [7, 11) is 0. The molecule has 0 spiro atoms. The quantitative estimate of drug-likeness (QED) is 0.639. The highest BCUT2D eigenvalue weighted by atomic mass is 35.5. The number of fused-ring (bicyclic) bond motifs is 1. The molecule has 0 aliphatic rings. The van der Waals surface area contributed by atoms with Crippen LogP contribution in [-0.2, 0) is 0 Å². The summed E-state index contributed by atoms with van der Waals surface area (Å²) < 4.78 is 5.80. The van der Waals surface area contributed by atoms with Gasteiger partial charge in [0, 0.05) is 12.1 Å². The zero-order chi connectivity index (χ0) is 12.5. The van der Waals surface area contributed by atoms with Gasteiger partial charge in [0.25, 0.3) is 0 Å². The van der Waals surface area contributed by atoms with E-state index in [9.17, 15) is 5.11 Å². The smallest absolute Gasteiger partial charge is 0.362 e. The Morgan fingerprint density at radius 3 is 2.44 bits per heavy atom. The monoisotopic (exact) mass is 257 g/mol. The fourth-order valence-corrected chi connectivity index (χ4v) is 2.09. The van der Waals surface area contributed by atoms with E-state index in [0.29, 0.717) is 5.02 Å². The summed E-state index contributed by atoms with van der Waals surface area (Å²) in [5, 5.41) is 10.8. The lowest BCUT2D eigenvalue weighted by molar-refractivity contribution is 0.475. The lowest BCUT2D eigenvalue weighted by Crippen LogP contribution is -1.79. The molecule has 3 heteroatoms. The van der Waals surface area contributed by atoms with Gasteiger partial charge in [-0.3, -0.25) is 0 Å². The third-order valence-electron chi connectivity index (χ3n) is 2.79. The molecule has 0 amide bonds. The van der Waals surface area contributed by atoms with E-state index in [1.54, 1.807) is 12.1 Å². The number of rotatable bonds is 1. The number of phenolic OH excluding ortho intramolecular Hbond substituents is 1. The highest BCUT2D eigenvalue weighted by Crippen LogP contribution is 2.29. The minimum Gasteiger partial charge on any atom is -0.508 e. The minimum absolute atomic E-state index is 0.239. The van der Waals surface area contributed by atoms with Crippen LogP contribution in [0.5, 0.6) is 5.75 Å². The first kappa shape index (κ1) is 11.1. The summed E-state index contributed by atoms with van der Waals surface area (Å²) >= 11 is 6.08. The molecule has 0 radical (unpaired) electrons. The van der Waals surface area contributed by atoms with Crippen molar-refractivity contribution in [3.05, 3.63) is 59.6 Å². The molecule has 0 saturated heterocycles.